The predicted octanol–water partition coefficient (Wildman–Crippen LogP) is 5.99. The van der Waals surface area contributed by atoms with E-state index in [0.717, 1.165) is 12.5 Å². The van der Waals surface area contributed by atoms with Gasteiger partial charge in [0, 0.05) is 16.2 Å². The second-order valence-corrected chi connectivity index (χ2v) is 7.21. The van der Waals surface area contributed by atoms with Crippen molar-refractivity contribution in [2.45, 2.75) is 57.2 Å². The summed E-state index contributed by atoms with van der Waals surface area (Å²) < 4.78 is 39.2. The van der Waals surface area contributed by atoms with Crippen LogP contribution in [0.3, 0.4) is 0 Å². The van der Waals surface area contributed by atoms with Crippen LogP contribution >= 0.6 is 15.9 Å². The third-order valence-corrected chi connectivity index (χ3v) is 5.83. The van der Waals surface area contributed by atoms with Gasteiger partial charge in [-0.2, -0.15) is 13.2 Å². The standard InChI is InChI=1S/C16H19BrF3N/c17-12-5-4-11(16(18,19)20)10-13(12)21-14-6-9-15(14)7-2-1-3-8-15/h4-5,10,14,21H,1-3,6-9H2. The van der Waals surface area contributed by atoms with Gasteiger partial charge in [0.15, 0.2) is 0 Å². The van der Waals surface area contributed by atoms with E-state index >= 15 is 0 Å². The summed E-state index contributed by atoms with van der Waals surface area (Å²) in [6, 6.07) is 4.14. The summed E-state index contributed by atoms with van der Waals surface area (Å²) in [5, 5.41) is 3.37. The molecule has 3 rings (SSSR count). The van der Waals surface area contributed by atoms with E-state index in [0.29, 0.717) is 21.6 Å². The number of nitrogens with one attached hydrogen (secondary N) is 1. The lowest BCUT2D eigenvalue weighted by molar-refractivity contribution is -0.137. The Labute approximate surface area is 131 Å². The van der Waals surface area contributed by atoms with E-state index in [1.807, 2.05) is 0 Å². The number of benzene rings is 1. The highest BCUT2D eigenvalue weighted by atomic mass is 79.9. The maximum atomic E-state index is 12.8. The van der Waals surface area contributed by atoms with Crippen LogP contribution in [0.4, 0.5) is 18.9 Å². The van der Waals surface area contributed by atoms with Crippen LogP contribution < -0.4 is 5.32 Å². The first-order valence-corrected chi connectivity index (χ1v) is 8.33. The fourth-order valence-electron chi connectivity index (χ4n) is 3.78. The normalized spacial score (nSPS) is 24.7. The van der Waals surface area contributed by atoms with Crippen molar-refractivity contribution in [1.82, 2.24) is 0 Å². The Balaban J connectivity index is 1.78. The van der Waals surface area contributed by atoms with E-state index in [1.54, 1.807) is 0 Å². The maximum Gasteiger partial charge on any atom is 0.416 e. The van der Waals surface area contributed by atoms with Gasteiger partial charge < -0.3 is 5.32 Å². The van der Waals surface area contributed by atoms with Gasteiger partial charge in [0.25, 0.3) is 0 Å². The Hall–Kier alpha value is -0.710. The molecule has 0 heterocycles. The van der Waals surface area contributed by atoms with Crippen molar-refractivity contribution in [2.24, 2.45) is 5.41 Å². The highest BCUT2D eigenvalue weighted by molar-refractivity contribution is 9.10. The molecule has 1 aromatic carbocycles. The van der Waals surface area contributed by atoms with Gasteiger partial charge in [0.1, 0.15) is 0 Å². The number of rotatable bonds is 2. The molecule has 1 nitrogen and oxygen atoms in total. The van der Waals surface area contributed by atoms with Crippen LogP contribution in [0.15, 0.2) is 22.7 Å². The molecular weight excluding hydrogens is 343 g/mol. The molecule has 0 bridgehead atoms. The summed E-state index contributed by atoms with van der Waals surface area (Å²) in [7, 11) is 0. The van der Waals surface area contributed by atoms with E-state index in [-0.39, 0.29) is 0 Å². The van der Waals surface area contributed by atoms with E-state index in [4.69, 9.17) is 0 Å². The number of hydrogen-bond donors (Lipinski definition) is 1. The monoisotopic (exact) mass is 361 g/mol. The summed E-state index contributed by atoms with van der Waals surface area (Å²) in [4.78, 5) is 0. The number of anilines is 1. The SMILES string of the molecule is FC(F)(F)c1ccc(Br)c(NC2CCC23CCCCC3)c1. The molecule has 0 amide bonds. The molecule has 1 unspecified atom stereocenters. The van der Waals surface area contributed by atoms with Gasteiger partial charge in [-0.05, 0) is 65.2 Å². The first-order chi connectivity index (χ1) is 9.91. The molecule has 1 aromatic rings. The summed E-state index contributed by atoms with van der Waals surface area (Å²) in [6.07, 6.45) is 4.19. The largest absolute Gasteiger partial charge is 0.416 e. The van der Waals surface area contributed by atoms with E-state index < -0.39 is 11.7 Å². The van der Waals surface area contributed by atoms with Gasteiger partial charge in [-0.1, -0.05) is 19.3 Å². The topological polar surface area (TPSA) is 12.0 Å². The molecule has 2 fully saturated rings. The molecule has 1 spiro atoms. The zero-order valence-electron chi connectivity index (χ0n) is 11.8. The van der Waals surface area contributed by atoms with Gasteiger partial charge in [-0.25, -0.2) is 0 Å². The van der Waals surface area contributed by atoms with E-state index in [2.05, 4.69) is 21.2 Å². The second-order valence-electron chi connectivity index (χ2n) is 6.35. The van der Waals surface area contributed by atoms with Crippen LogP contribution in [0.1, 0.15) is 50.5 Å². The molecule has 0 saturated heterocycles. The molecule has 0 aromatic heterocycles. The van der Waals surface area contributed by atoms with Crippen LogP contribution in [0.5, 0.6) is 0 Å². The Morgan fingerprint density at radius 1 is 1.10 bits per heavy atom. The molecule has 2 saturated carbocycles. The molecule has 0 aliphatic heterocycles. The lowest BCUT2D eigenvalue weighted by atomic mass is 9.57. The van der Waals surface area contributed by atoms with Crippen molar-refractivity contribution in [3.8, 4) is 0 Å². The average molecular weight is 362 g/mol. The lowest BCUT2D eigenvalue weighted by Crippen LogP contribution is -2.50. The van der Waals surface area contributed by atoms with Crippen LogP contribution in [0.25, 0.3) is 0 Å². The van der Waals surface area contributed by atoms with Crippen molar-refractivity contribution < 1.29 is 13.2 Å². The van der Waals surface area contributed by atoms with E-state index in [9.17, 15) is 13.2 Å². The van der Waals surface area contributed by atoms with Gasteiger partial charge >= 0.3 is 6.18 Å². The van der Waals surface area contributed by atoms with Gasteiger partial charge in [-0.3, -0.25) is 0 Å². The molecule has 1 atom stereocenters. The van der Waals surface area contributed by atoms with Crippen molar-refractivity contribution in [3.63, 3.8) is 0 Å². The summed E-state index contributed by atoms with van der Waals surface area (Å²) in [6.45, 7) is 0. The Bertz CT molecular complexity index is 521. The van der Waals surface area contributed by atoms with Crippen LogP contribution in [-0.2, 0) is 6.18 Å². The maximum absolute atomic E-state index is 12.8. The third-order valence-electron chi connectivity index (χ3n) is 5.14. The lowest BCUT2D eigenvalue weighted by Gasteiger charge is -2.53. The van der Waals surface area contributed by atoms with Crippen LogP contribution in [-0.4, -0.2) is 6.04 Å². The fraction of sp³-hybridized carbons (Fsp3) is 0.625. The van der Waals surface area contributed by atoms with Crippen LogP contribution in [0.2, 0.25) is 0 Å². The predicted molar refractivity (Wildman–Crippen MR) is 81.3 cm³/mol. The number of hydrogen-bond acceptors (Lipinski definition) is 1. The van der Waals surface area contributed by atoms with Crippen molar-refractivity contribution >= 4 is 21.6 Å². The molecular formula is C16H19BrF3N. The Morgan fingerprint density at radius 2 is 1.81 bits per heavy atom. The second kappa shape index (κ2) is 5.49. The molecule has 116 valence electrons. The highest BCUT2D eigenvalue weighted by Crippen LogP contribution is 2.53. The smallest absolute Gasteiger partial charge is 0.381 e. The quantitative estimate of drug-likeness (QED) is 0.681. The first-order valence-electron chi connectivity index (χ1n) is 7.54. The number of halogens is 4. The fourth-order valence-corrected chi connectivity index (χ4v) is 4.14. The summed E-state index contributed by atoms with van der Waals surface area (Å²) in [5.74, 6) is 0. The van der Waals surface area contributed by atoms with Crippen molar-refractivity contribution in [3.05, 3.63) is 28.2 Å². The molecule has 5 heteroatoms. The Kier molecular flexibility index (Phi) is 3.97. The minimum absolute atomic E-state index is 0.317. The third kappa shape index (κ3) is 2.94. The highest BCUT2D eigenvalue weighted by Gasteiger charge is 2.47. The molecule has 1 N–H and O–H groups in total. The van der Waals surface area contributed by atoms with Gasteiger partial charge in [0.2, 0.25) is 0 Å². The summed E-state index contributed by atoms with van der Waals surface area (Å²) >= 11 is 3.36. The Morgan fingerprint density at radius 3 is 2.38 bits per heavy atom. The zero-order chi connectivity index (χ0) is 15.1. The minimum Gasteiger partial charge on any atom is -0.381 e. The number of alkyl halides is 3. The van der Waals surface area contributed by atoms with Crippen molar-refractivity contribution in [2.75, 3.05) is 5.32 Å². The molecule has 2 aliphatic rings. The van der Waals surface area contributed by atoms with Crippen molar-refractivity contribution in [1.29, 1.82) is 0 Å². The van der Waals surface area contributed by atoms with E-state index in [1.165, 1.54) is 50.7 Å². The van der Waals surface area contributed by atoms with Crippen LogP contribution in [0, 0.1) is 5.41 Å². The summed E-state index contributed by atoms with van der Waals surface area (Å²) in [5.41, 5.74) is 0.302. The molecule has 21 heavy (non-hydrogen) atoms. The zero-order valence-corrected chi connectivity index (χ0v) is 13.4. The minimum atomic E-state index is -4.29. The van der Waals surface area contributed by atoms with Gasteiger partial charge in [-0.15, -0.1) is 0 Å². The average Bonchev–Trinajstić information content (AvgIpc) is 2.45. The van der Waals surface area contributed by atoms with Gasteiger partial charge in [0.05, 0.1) is 5.56 Å². The first kappa shape index (κ1) is 15.2. The molecule has 2 aliphatic carbocycles. The molecule has 0 radical (unpaired) electrons.